The SMILES string of the molecule is CCOCC(C)Nc1ccc(C)cn1. The molecule has 1 N–H and O–H groups in total. The van der Waals surface area contributed by atoms with Crippen LogP contribution in [-0.2, 0) is 4.74 Å². The minimum Gasteiger partial charge on any atom is -0.380 e. The van der Waals surface area contributed by atoms with Crippen LogP contribution in [0, 0.1) is 6.92 Å². The van der Waals surface area contributed by atoms with Crippen LogP contribution >= 0.6 is 0 Å². The molecule has 0 saturated heterocycles. The Hall–Kier alpha value is -1.09. The number of aromatic nitrogens is 1. The highest BCUT2D eigenvalue weighted by Gasteiger charge is 2.01. The predicted octanol–water partition coefficient (Wildman–Crippen LogP) is 2.23. The van der Waals surface area contributed by atoms with E-state index in [0.29, 0.717) is 12.6 Å². The summed E-state index contributed by atoms with van der Waals surface area (Å²) >= 11 is 0. The maximum Gasteiger partial charge on any atom is 0.126 e. The average molecular weight is 194 g/mol. The quantitative estimate of drug-likeness (QED) is 0.780. The van der Waals surface area contributed by atoms with E-state index >= 15 is 0 Å². The van der Waals surface area contributed by atoms with Crippen molar-refractivity contribution >= 4 is 5.82 Å². The maximum absolute atomic E-state index is 5.30. The van der Waals surface area contributed by atoms with Gasteiger partial charge in [-0.25, -0.2) is 4.98 Å². The van der Waals surface area contributed by atoms with E-state index in [1.165, 1.54) is 5.56 Å². The zero-order valence-corrected chi connectivity index (χ0v) is 9.08. The zero-order chi connectivity index (χ0) is 10.4. The largest absolute Gasteiger partial charge is 0.380 e. The molecule has 1 rings (SSSR count). The third-order valence-corrected chi connectivity index (χ3v) is 1.88. The van der Waals surface area contributed by atoms with Gasteiger partial charge in [-0.05, 0) is 32.4 Å². The number of pyridine rings is 1. The molecule has 1 unspecified atom stereocenters. The minimum atomic E-state index is 0.296. The summed E-state index contributed by atoms with van der Waals surface area (Å²) in [7, 11) is 0. The zero-order valence-electron chi connectivity index (χ0n) is 9.08. The Labute approximate surface area is 85.5 Å². The summed E-state index contributed by atoms with van der Waals surface area (Å²) in [4.78, 5) is 4.26. The summed E-state index contributed by atoms with van der Waals surface area (Å²) in [5.74, 6) is 0.905. The number of hydrogen-bond donors (Lipinski definition) is 1. The van der Waals surface area contributed by atoms with Crippen molar-refractivity contribution in [2.45, 2.75) is 26.8 Å². The summed E-state index contributed by atoms with van der Waals surface area (Å²) in [5.41, 5.74) is 1.17. The summed E-state index contributed by atoms with van der Waals surface area (Å²) < 4.78 is 5.30. The molecule has 0 radical (unpaired) electrons. The van der Waals surface area contributed by atoms with Gasteiger partial charge in [0.2, 0.25) is 0 Å². The van der Waals surface area contributed by atoms with Gasteiger partial charge in [0.15, 0.2) is 0 Å². The second-order valence-corrected chi connectivity index (χ2v) is 3.43. The van der Waals surface area contributed by atoms with Crippen LogP contribution in [0.4, 0.5) is 5.82 Å². The summed E-state index contributed by atoms with van der Waals surface area (Å²) in [6, 6.07) is 4.32. The van der Waals surface area contributed by atoms with E-state index in [-0.39, 0.29) is 0 Å². The molecular weight excluding hydrogens is 176 g/mol. The summed E-state index contributed by atoms with van der Waals surface area (Å²) in [6.45, 7) is 7.58. The predicted molar refractivity (Wildman–Crippen MR) is 58.6 cm³/mol. The van der Waals surface area contributed by atoms with Crippen LogP contribution in [-0.4, -0.2) is 24.2 Å². The number of nitrogens with one attached hydrogen (secondary N) is 1. The molecule has 0 aliphatic heterocycles. The van der Waals surface area contributed by atoms with Crippen LogP contribution < -0.4 is 5.32 Å². The Morgan fingerprint density at radius 1 is 1.50 bits per heavy atom. The molecule has 0 bridgehead atoms. The fourth-order valence-electron chi connectivity index (χ4n) is 1.14. The molecule has 3 nitrogen and oxygen atoms in total. The van der Waals surface area contributed by atoms with Gasteiger partial charge in [0.05, 0.1) is 6.61 Å². The second kappa shape index (κ2) is 5.60. The minimum absolute atomic E-state index is 0.296. The smallest absolute Gasteiger partial charge is 0.126 e. The van der Waals surface area contributed by atoms with Crippen molar-refractivity contribution < 1.29 is 4.74 Å². The molecule has 3 heteroatoms. The van der Waals surface area contributed by atoms with Gasteiger partial charge < -0.3 is 10.1 Å². The fourth-order valence-corrected chi connectivity index (χ4v) is 1.14. The average Bonchev–Trinajstić information content (AvgIpc) is 2.18. The van der Waals surface area contributed by atoms with E-state index in [1.54, 1.807) is 0 Å². The molecule has 1 aromatic heterocycles. The number of nitrogens with zero attached hydrogens (tertiary/aromatic N) is 1. The van der Waals surface area contributed by atoms with Gasteiger partial charge in [-0.15, -0.1) is 0 Å². The van der Waals surface area contributed by atoms with Gasteiger partial charge in [0.25, 0.3) is 0 Å². The first-order valence-corrected chi connectivity index (χ1v) is 4.99. The van der Waals surface area contributed by atoms with Crippen molar-refractivity contribution in [1.82, 2.24) is 4.98 Å². The lowest BCUT2D eigenvalue weighted by Crippen LogP contribution is -2.22. The molecule has 1 aromatic rings. The molecule has 0 aromatic carbocycles. The Balaban J connectivity index is 2.39. The topological polar surface area (TPSA) is 34.1 Å². The third-order valence-electron chi connectivity index (χ3n) is 1.88. The Morgan fingerprint density at radius 3 is 2.86 bits per heavy atom. The third kappa shape index (κ3) is 3.75. The van der Waals surface area contributed by atoms with E-state index in [4.69, 9.17) is 4.74 Å². The number of hydrogen-bond acceptors (Lipinski definition) is 3. The first kappa shape index (κ1) is 11.0. The van der Waals surface area contributed by atoms with E-state index in [9.17, 15) is 0 Å². The van der Waals surface area contributed by atoms with Gasteiger partial charge in [-0.2, -0.15) is 0 Å². The second-order valence-electron chi connectivity index (χ2n) is 3.43. The van der Waals surface area contributed by atoms with Crippen molar-refractivity contribution in [3.63, 3.8) is 0 Å². The molecule has 14 heavy (non-hydrogen) atoms. The monoisotopic (exact) mass is 194 g/mol. The van der Waals surface area contributed by atoms with Gasteiger partial charge in [0.1, 0.15) is 5.82 Å². The van der Waals surface area contributed by atoms with Gasteiger partial charge >= 0.3 is 0 Å². The Morgan fingerprint density at radius 2 is 2.29 bits per heavy atom. The molecule has 0 aliphatic carbocycles. The molecule has 0 spiro atoms. The lowest BCUT2D eigenvalue weighted by Gasteiger charge is -2.13. The highest BCUT2D eigenvalue weighted by Crippen LogP contribution is 2.05. The summed E-state index contributed by atoms with van der Waals surface area (Å²) in [5, 5.41) is 3.27. The van der Waals surface area contributed by atoms with Crippen molar-refractivity contribution in [3.05, 3.63) is 23.9 Å². The van der Waals surface area contributed by atoms with Crippen LogP contribution in [0.15, 0.2) is 18.3 Å². The highest BCUT2D eigenvalue weighted by molar-refractivity contribution is 5.36. The Kier molecular flexibility index (Phi) is 4.40. The number of rotatable bonds is 5. The van der Waals surface area contributed by atoms with E-state index in [1.807, 2.05) is 32.2 Å². The van der Waals surface area contributed by atoms with Crippen LogP contribution in [0.5, 0.6) is 0 Å². The van der Waals surface area contributed by atoms with Crippen molar-refractivity contribution in [2.24, 2.45) is 0 Å². The molecule has 0 amide bonds. The molecule has 0 aliphatic rings. The van der Waals surface area contributed by atoms with Gasteiger partial charge in [-0.1, -0.05) is 6.07 Å². The fraction of sp³-hybridized carbons (Fsp3) is 0.545. The summed E-state index contributed by atoms with van der Waals surface area (Å²) in [6.07, 6.45) is 1.86. The van der Waals surface area contributed by atoms with Crippen LogP contribution in [0.2, 0.25) is 0 Å². The van der Waals surface area contributed by atoms with E-state index in [2.05, 4.69) is 17.2 Å². The van der Waals surface area contributed by atoms with Crippen LogP contribution in [0.1, 0.15) is 19.4 Å². The standard InChI is InChI=1S/C11H18N2O/c1-4-14-8-10(3)13-11-6-5-9(2)7-12-11/h5-7,10H,4,8H2,1-3H3,(H,12,13). The molecule has 78 valence electrons. The highest BCUT2D eigenvalue weighted by atomic mass is 16.5. The van der Waals surface area contributed by atoms with Crippen molar-refractivity contribution in [2.75, 3.05) is 18.5 Å². The lowest BCUT2D eigenvalue weighted by molar-refractivity contribution is 0.141. The molecule has 1 atom stereocenters. The molecule has 0 saturated carbocycles. The normalized spacial score (nSPS) is 12.5. The van der Waals surface area contributed by atoms with Gasteiger partial charge in [0, 0.05) is 18.8 Å². The lowest BCUT2D eigenvalue weighted by atomic mass is 10.3. The van der Waals surface area contributed by atoms with Crippen LogP contribution in [0.25, 0.3) is 0 Å². The maximum atomic E-state index is 5.30. The van der Waals surface area contributed by atoms with E-state index in [0.717, 1.165) is 12.4 Å². The first-order chi connectivity index (χ1) is 6.72. The van der Waals surface area contributed by atoms with Crippen molar-refractivity contribution in [3.8, 4) is 0 Å². The first-order valence-electron chi connectivity index (χ1n) is 4.99. The van der Waals surface area contributed by atoms with Crippen molar-refractivity contribution in [1.29, 1.82) is 0 Å². The van der Waals surface area contributed by atoms with Gasteiger partial charge in [-0.3, -0.25) is 0 Å². The Bertz CT molecular complexity index is 258. The number of anilines is 1. The molecule has 0 fully saturated rings. The van der Waals surface area contributed by atoms with Crippen LogP contribution in [0.3, 0.4) is 0 Å². The van der Waals surface area contributed by atoms with E-state index < -0.39 is 0 Å². The number of aryl methyl sites for hydroxylation is 1. The number of ether oxygens (including phenoxy) is 1. The molecule has 1 heterocycles. The molecular formula is C11H18N2O.